The Morgan fingerprint density at radius 3 is 2.52 bits per heavy atom. The Kier molecular flexibility index (Phi) is 7.13. The van der Waals surface area contributed by atoms with Crippen LogP contribution in [0.4, 0.5) is 5.69 Å². The summed E-state index contributed by atoms with van der Waals surface area (Å²) >= 11 is 0. The van der Waals surface area contributed by atoms with Gasteiger partial charge in [0.15, 0.2) is 0 Å². The second kappa shape index (κ2) is 10.7. The number of nitrogens with one attached hydrogen (secondary N) is 2. The molecule has 1 aliphatic carbocycles. The molecule has 3 fully saturated rings. The van der Waals surface area contributed by atoms with E-state index in [0.717, 1.165) is 24.8 Å². The van der Waals surface area contributed by atoms with E-state index in [2.05, 4.69) is 17.6 Å². The highest BCUT2D eigenvalue weighted by Crippen LogP contribution is 2.55. The third-order valence-electron chi connectivity index (χ3n) is 8.99. The first-order valence-corrected chi connectivity index (χ1v) is 14.5. The highest BCUT2D eigenvalue weighted by atomic mass is 16.5. The molecule has 1 spiro atoms. The molecule has 7 atom stereocenters. The van der Waals surface area contributed by atoms with Gasteiger partial charge in [0.05, 0.1) is 24.5 Å². The van der Waals surface area contributed by atoms with Gasteiger partial charge in [-0.05, 0) is 55.5 Å². The van der Waals surface area contributed by atoms with Gasteiger partial charge in [-0.3, -0.25) is 14.4 Å². The van der Waals surface area contributed by atoms with Crippen LogP contribution in [0, 0.1) is 17.8 Å². The molecule has 6 rings (SSSR count). The van der Waals surface area contributed by atoms with Crippen LogP contribution in [0.15, 0.2) is 66.7 Å². The fourth-order valence-corrected chi connectivity index (χ4v) is 7.04. The molecule has 0 radical (unpaired) electrons. The lowest BCUT2D eigenvalue weighted by Crippen LogP contribution is -2.57. The predicted octanol–water partition coefficient (Wildman–Crippen LogP) is 4.07. The van der Waals surface area contributed by atoms with Crippen molar-refractivity contribution in [3.63, 3.8) is 0 Å². The Balaban J connectivity index is 1.29. The lowest BCUT2D eigenvalue weighted by atomic mass is 9.74. The lowest BCUT2D eigenvalue weighted by molar-refractivity contribution is -0.142. The number of likely N-dealkylation sites (tertiary alicyclic amines) is 1. The van der Waals surface area contributed by atoms with Crippen LogP contribution in [0.3, 0.4) is 0 Å². The van der Waals surface area contributed by atoms with Gasteiger partial charge >= 0.3 is 0 Å². The molecule has 0 unspecified atom stereocenters. The van der Waals surface area contributed by atoms with E-state index in [4.69, 9.17) is 9.47 Å². The van der Waals surface area contributed by atoms with E-state index >= 15 is 0 Å². The monoisotopic (exact) mass is 543 g/mol. The van der Waals surface area contributed by atoms with E-state index in [1.165, 1.54) is 6.42 Å². The molecule has 8 heteroatoms. The van der Waals surface area contributed by atoms with Crippen LogP contribution in [0.5, 0.6) is 5.75 Å². The van der Waals surface area contributed by atoms with Gasteiger partial charge in [0.25, 0.3) is 0 Å². The Bertz CT molecular complexity index is 1300. The first-order valence-electron chi connectivity index (χ1n) is 14.5. The van der Waals surface area contributed by atoms with Crippen molar-refractivity contribution < 1.29 is 23.9 Å². The molecule has 2 N–H and O–H groups in total. The van der Waals surface area contributed by atoms with Gasteiger partial charge in [-0.25, -0.2) is 0 Å². The number of carbonyl (C=O) groups excluding carboxylic acids is 3. The molecule has 2 saturated heterocycles. The topological polar surface area (TPSA) is 97.0 Å². The number of hydrogen-bond donors (Lipinski definition) is 2. The number of ether oxygens (including phenoxy) is 2. The maximum Gasteiger partial charge on any atom is 0.246 e. The fraction of sp³-hybridized carbons (Fsp3) is 0.469. The van der Waals surface area contributed by atoms with Crippen molar-refractivity contribution in [3.05, 3.63) is 72.3 Å². The molecular weight excluding hydrogens is 506 g/mol. The quantitative estimate of drug-likeness (QED) is 0.490. The minimum Gasteiger partial charge on any atom is -0.494 e. The van der Waals surface area contributed by atoms with Gasteiger partial charge in [0, 0.05) is 18.3 Å². The van der Waals surface area contributed by atoms with Crippen molar-refractivity contribution in [3.8, 4) is 5.75 Å². The third-order valence-corrected chi connectivity index (χ3v) is 8.99. The molecule has 2 bridgehead atoms. The van der Waals surface area contributed by atoms with Crippen LogP contribution in [-0.2, 0) is 25.7 Å². The van der Waals surface area contributed by atoms with Crippen molar-refractivity contribution >= 4 is 23.4 Å². The highest BCUT2D eigenvalue weighted by molar-refractivity contribution is 6.02. The van der Waals surface area contributed by atoms with Crippen LogP contribution < -0.4 is 15.4 Å². The summed E-state index contributed by atoms with van der Waals surface area (Å²) in [5.41, 5.74) is 0.352. The molecule has 0 aromatic heterocycles. The van der Waals surface area contributed by atoms with Gasteiger partial charge in [-0.2, -0.15) is 0 Å². The van der Waals surface area contributed by atoms with E-state index in [-0.39, 0.29) is 30.3 Å². The maximum absolute atomic E-state index is 14.2. The van der Waals surface area contributed by atoms with Crippen LogP contribution >= 0.6 is 0 Å². The lowest BCUT2D eigenvalue weighted by Gasteiger charge is -2.36. The van der Waals surface area contributed by atoms with Gasteiger partial charge in [-0.15, -0.1) is 0 Å². The van der Waals surface area contributed by atoms with E-state index in [9.17, 15) is 14.4 Å². The highest BCUT2D eigenvalue weighted by Gasteiger charge is 2.72. The molecule has 40 heavy (non-hydrogen) atoms. The Morgan fingerprint density at radius 2 is 1.80 bits per heavy atom. The number of amides is 3. The molecule has 2 aromatic carbocycles. The molecule has 8 nitrogen and oxygen atoms in total. The molecule has 2 aromatic rings. The molecule has 3 heterocycles. The fourth-order valence-electron chi connectivity index (χ4n) is 7.04. The number of fused-ring (bicyclic) bond motifs is 1. The van der Waals surface area contributed by atoms with Gasteiger partial charge in [-0.1, -0.05) is 62.2 Å². The second-order valence-corrected chi connectivity index (χ2v) is 11.5. The average molecular weight is 544 g/mol. The largest absolute Gasteiger partial charge is 0.494 e. The van der Waals surface area contributed by atoms with Gasteiger partial charge in [0.2, 0.25) is 17.7 Å². The first kappa shape index (κ1) is 26.6. The summed E-state index contributed by atoms with van der Waals surface area (Å²) < 4.78 is 12.0. The summed E-state index contributed by atoms with van der Waals surface area (Å²) in [6.07, 6.45) is 7.38. The summed E-state index contributed by atoms with van der Waals surface area (Å²) in [7, 11) is 0. The normalized spacial score (nSPS) is 32.1. The molecule has 3 amide bonds. The average Bonchev–Trinajstić information content (AvgIpc) is 3.59. The van der Waals surface area contributed by atoms with E-state index in [1.807, 2.05) is 49.4 Å². The number of rotatable bonds is 8. The van der Waals surface area contributed by atoms with Gasteiger partial charge < -0.3 is 25.0 Å². The van der Waals surface area contributed by atoms with Crippen molar-refractivity contribution in [2.75, 3.05) is 11.9 Å². The van der Waals surface area contributed by atoms with Crippen molar-refractivity contribution in [2.45, 2.75) is 69.9 Å². The molecule has 1 saturated carbocycles. The zero-order valence-corrected chi connectivity index (χ0v) is 23.0. The number of nitrogens with zero attached hydrogens (tertiary/aromatic N) is 1. The Hall–Kier alpha value is -3.65. The molecule has 3 aliphatic heterocycles. The number of carbonyl (C=O) groups is 3. The van der Waals surface area contributed by atoms with Crippen LogP contribution in [0.1, 0.15) is 45.1 Å². The standard InChI is InChI=1S/C32H37N3O5/c1-3-39-23-15-13-22(14-16-23)33-29(36)26-25-17-18-32(40-25)27(26)31(38)35(19-21-10-5-4-6-11-21)28(32)30(37)34-24-12-8-7-9-20(24)2/h4-6,10-11,13-18,20,24-28H,3,7-9,12,19H2,1-2H3,(H,33,36)(H,34,37)/t20-,24-,25-,26+,27-,28-,32-/m0/s1. The second-order valence-electron chi connectivity index (χ2n) is 11.5. The molecule has 4 aliphatic rings. The summed E-state index contributed by atoms with van der Waals surface area (Å²) in [4.78, 5) is 43.5. The van der Waals surface area contributed by atoms with Crippen molar-refractivity contribution in [1.29, 1.82) is 0 Å². The predicted molar refractivity (Wildman–Crippen MR) is 150 cm³/mol. The third kappa shape index (κ3) is 4.58. The molecule has 210 valence electrons. The number of anilines is 1. The summed E-state index contributed by atoms with van der Waals surface area (Å²) in [5.74, 6) is -1.16. The number of benzene rings is 2. The zero-order chi connectivity index (χ0) is 27.9. The van der Waals surface area contributed by atoms with E-state index in [1.54, 1.807) is 29.2 Å². The van der Waals surface area contributed by atoms with Gasteiger partial charge in [0.1, 0.15) is 17.4 Å². The molecular formula is C32H37N3O5. The SMILES string of the molecule is CCOc1ccc(NC(=O)[C@@H]2[C@@H]3C=C[C@]4(O3)[C@@H]2C(=O)N(Cc2ccccc2)[C@H]4C(=O)N[C@H]2CCCC[C@@H]2C)cc1. The summed E-state index contributed by atoms with van der Waals surface area (Å²) in [6.45, 7) is 4.91. The van der Waals surface area contributed by atoms with Crippen molar-refractivity contribution in [2.24, 2.45) is 17.8 Å². The Morgan fingerprint density at radius 1 is 1.05 bits per heavy atom. The smallest absolute Gasteiger partial charge is 0.246 e. The van der Waals surface area contributed by atoms with E-state index in [0.29, 0.717) is 24.0 Å². The van der Waals surface area contributed by atoms with E-state index < -0.39 is 29.6 Å². The number of hydrogen-bond acceptors (Lipinski definition) is 5. The summed E-state index contributed by atoms with van der Waals surface area (Å²) in [6, 6.07) is 16.0. The van der Waals surface area contributed by atoms with Crippen LogP contribution in [0.25, 0.3) is 0 Å². The van der Waals surface area contributed by atoms with Crippen LogP contribution in [-0.4, -0.2) is 53.0 Å². The minimum absolute atomic E-state index is 0.0618. The minimum atomic E-state index is -1.18. The maximum atomic E-state index is 14.2. The zero-order valence-electron chi connectivity index (χ0n) is 23.0. The van der Waals surface area contributed by atoms with Crippen LogP contribution in [0.2, 0.25) is 0 Å². The Labute approximate surface area is 235 Å². The summed E-state index contributed by atoms with van der Waals surface area (Å²) in [5, 5.41) is 6.25. The first-order chi connectivity index (χ1) is 19.4. The van der Waals surface area contributed by atoms with Crippen molar-refractivity contribution in [1.82, 2.24) is 10.2 Å².